The van der Waals surface area contributed by atoms with Gasteiger partial charge in [0.1, 0.15) is 5.56 Å². The molecule has 3 aromatic rings. The van der Waals surface area contributed by atoms with Gasteiger partial charge in [0, 0.05) is 12.6 Å². The minimum atomic E-state index is 0.478. The number of benzene rings is 1. The van der Waals surface area contributed by atoms with Gasteiger partial charge in [0.25, 0.3) is 5.89 Å². The fourth-order valence-electron chi connectivity index (χ4n) is 2.15. The molecule has 0 saturated heterocycles. The third-order valence-electron chi connectivity index (χ3n) is 3.03. The van der Waals surface area contributed by atoms with E-state index in [1.807, 2.05) is 44.3 Å². The minimum Gasteiger partial charge on any atom is -0.481 e. The molecule has 0 aliphatic rings. The molecular weight excluding hydrogens is 256 g/mol. The molecule has 0 aliphatic heterocycles. The normalized spacial score (nSPS) is 10.8. The van der Waals surface area contributed by atoms with Crippen LogP contribution in [0.15, 0.2) is 34.9 Å². The molecule has 0 amide bonds. The summed E-state index contributed by atoms with van der Waals surface area (Å²) in [7, 11) is 3.41. The van der Waals surface area contributed by atoms with Crippen molar-refractivity contribution in [2.24, 2.45) is 7.05 Å². The highest BCUT2D eigenvalue weighted by molar-refractivity contribution is 5.66. The zero-order chi connectivity index (χ0) is 14.1. The van der Waals surface area contributed by atoms with Crippen molar-refractivity contribution in [3.63, 3.8) is 0 Å². The fraction of sp³-hybridized carbons (Fsp3) is 0.214. The van der Waals surface area contributed by atoms with Crippen molar-refractivity contribution >= 4 is 0 Å². The molecule has 0 radical (unpaired) electrons. The Balaban J connectivity index is 2.07. The molecule has 0 atom stereocenters. The summed E-state index contributed by atoms with van der Waals surface area (Å²) in [5.41, 5.74) is 2.43. The van der Waals surface area contributed by atoms with Crippen LogP contribution < -0.4 is 4.74 Å². The van der Waals surface area contributed by atoms with E-state index in [0.717, 1.165) is 16.8 Å². The Kier molecular flexibility index (Phi) is 2.98. The number of methoxy groups -OCH3 is 1. The van der Waals surface area contributed by atoms with Crippen molar-refractivity contribution in [3.05, 3.63) is 36.0 Å². The van der Waals surface area contributed by atoms with Crippen molar-refractivity contribution < 1.29 is 9.26 Å². The predicted octanol–water partition coefficient (Wildman–Crippen LogP) is 2.45. The van der Waals surface area contributed by atoms with Gasteiger partial charge in [0.05, 0.1) is 12.8 Å². The molecule has 6 heteroatoms. The SMILES string of the molecule is COc1c(-c2noc(-c3ccccc3)n2)c(C)nn1C. The second kappa shape index (κ2) is 4.80. The first kappa shape index (κ1) is 12.4. The minimum absolute atomic E-state index is 0.478. The molecular formula is C14H14N4O2. The van der Waals surface area contributed by atoms with Crippen LogP contribution in [0, 0.1) is 6.92 Å². The third-order valence-corrected chi connectivity index (χ3v) is 3.03. The molecule has 2 heterocycles. The standard InChI is InChI=1S/C14H14N4O2/c1-9-11(14(19-3)18(2)16-9)12-15-13(20-17-12)10-7-5-4-6-8-10/h4-8H,1-3H3. The van der Waals surface area contributed by atoms with E-state index in [-0.39, 0.29) is 0 Å². The molecule has 102 valence electrons. The summed E-state index contributed by atoms with van der Waals surface area (Å²) in [6.07, 6.45) is 0. The summed E-state index contributed by atoms with van der Waals surface area (Å²) < 4.78 is 12.3. The predicted molar refractivity (Wildman–Crippen MR) is 73.2 cm³/mol. The second-order valence-electron chi connectivity index (χ2n) is 4.38. The first-order valence-corrected chi connectivity index (χ1v) is 6.18. The van der Waals surface area contributed by atoms with Crippen LogP contribution in [-0.2, 0) is 7.05 Å². The Hall–Kier alpha value is -2.63. The van der Waals surface area contributed by atoms with E-state index in [0.29, 0.717) is 17.6 Å². The molecule has 3 rings (SSSR count). The van der Waals surface area contributed by atoms with Crippen molar-refractivity contribution in [1.29, 1.82) is 0 Å². The lowest BCUT2D eigenvalue weighted by Gasteiger charge is -2.00. The quantitative estimate of drug-likeness (QED) is 0.731. The number of rotatable bonds is 3. The highest BCUT2D eigenvalue weighted by Crippen LogP contribution is 2.31. The van der Waals surface area contributed by atoms with Gasteiger partial charge in [-0.2, -0.15) is 10.1 Å². The molecule has 0 aliphatic carbocycles. The number of nitrogens with zero attached hydrogens (tertiary/aromatic N) is 4. The summed E-state index contributed by atoms with van der Waals surface area (Å²) >= 11 is 0. The zero-order valence-corrected chi connectivity index (χ0v) is 11.5. The summed E-state index contributed by atoms with van der Waals surface area (Å²) in [5.74, 6) is 1.57. The van der Waals surface area contributed by atoms with E-state index in [9.17, 15) is 0 Å². The van der Waals surface area contributed by atoms with Gasteiger partial charge in [-0.3, -0.25) is 0 Å². The average Bonchev–Trinajstić information content (AvgIpc) is 3.03. The Bertz CT molecular complexity index is 731. The van der Waals surface area contributed by atoms with Crippen LogP contribution in [0.3, 0.4) is 0 Å². The van der Waals surface area contributed by atoms with E-state index >= 15 is 0 Å². The van der Waals surface area contributed by atoms with E-state index < -0.39 is 0 Å². The maximum absolute atomic E-state index is 5.35. The molecule has 20 heavy (non-hydrogen) atoms. The monoisotopic (exact) mass is 270 g/mol. The highest BCUT2D eigenvalue weighted by Gasteiger charge is 2.21. The molecule has 0 saturated carbocycles. The Morgan fingerprint density at radius 2 is 1.95 bits per heavy atom. The largest absolute Gasteiger partial charge is 0.481 e. The van der Waals surface area contributed by atoms with Gasteiger partial charge >= 0.3 is 0 Å². The number of ether oxygens (including phenoxy) is 1. The summed E-state index contributed by atoms with van der Waals surface area (Å²) in [6.45, 7) is 1.89. The van der Waals surface area contributed by atoms with Gasteiger partial charge in [-0.1, -0.05) is 23.4 Å². The highest BCUT2D eigenvalue weighted by atomic mass is 16.5. The van der Waals surface area contributed by atoms with Crippen molar-refractivity contribution in [1.82, 2.24) is 19.9 Å². The maximum atomic E-state index is 5.35. The van der Waals surface area contributed by atoms with Gasteiger partial charge in [0.2, 0.25) is 11.7 Å². The van der Waals surface area contributed by atoms with Gasteiger partial charge in [-0.15, -0.1) is 0 Å². The first-order chi connectivity index (χ1) is 9.70. The number of hydrogen-bond donors (Lipinski definition) is 0. The molecule has 0 fully saturated rings. The van der Waals surface area contributed by atoms with Gasteiger partial charge in [0.15, 0.2) is 0 Å². The number of aromatic nitrogens is 4. The van der Waals surface area contributed by atoms with Crippen LogP contribution in [-0.4, -0.2) is 27.0 Å². The Morgan fingerprint density at radius 1 is 1.20 bits per heavy atom. The van der Waals surface area contributed by atoms with Crippen molar-refractivity contribution in [2.75, 3.05) is 7.11 Å². The lowest BCUT2D eigenvalue weighted by Crippen LogP contribution is -1.95. The summed E-state index contributed by atoms with van der Waals surface area (Å²) in [5, 5.41) is 8.34. The molecule has 0 N–H and O–H groups in total. The van der Waals surface area contributed by atoms with Crippen molar-refractivity contribution in [2.45, 2.75) is 6.92 Å². The molecule has 0 spiro atoms. The van der Waals surface area contributed by atoms with Gasteiger partial charge in [-0.25, -0.2) is 4.68 Å². The van der Waals surface area contributed by atoms with Crippen LogP contribution in [0.2, 0.25) is 0 Å². The van der Waals surface area contributed by atoms with Crippen LogP contribution >= 0.6 is 0 Å². The van der Waals surface area contributed by atoms with E-state index in [4.69, 9.17) is 9.26 Å². The third kappa shape index (κ3) is 1.95. The Morgan fingerprint density at radius 3 is 2.65 bits per heavy atom. The molecule has 0 bridgehead atoms. The van der Waals surface area contributed by atoms with Crippen molar-refractivity contribution in [3.8, 4) is 28.7 Å². The number of aryl methyl sites for hydroxylation is 2. The van der Waals surface area contributed by atoms with Crippen LogP contribution in [0.5, 0.6) is 5.88 Å². The lowest BCUT2D eigenvalue weighted by molar-refractivity contribution is 0.374. The topological polar surface area (TPSA) is 66.0 Å². The van der Waals surface area contributed by atoms with Gasteiger partial charge < -0.3 is 9.26 Å². The van der Waals surface area contributed by atoms with E-state index in [1.165, 1.54) is 0 Å². The summed E-state index contributed by atoms with van der Waals surface area (Å²) in [6, 6.07) is 9.63. The average molecular weight is 270 g/mol. The molecule has 0 unspecified atom stereocenters. The Labute approximate surface area is 116 Å². The number of hydrogen-bond acceptors (Lipinski definition) is 5. The van der Waals surface area contributed by atoms with E-state index in [1.54, 1.807) is 11.8 Å². The van der Waals surface area contributed by atoms with Crippen LogP contribution in [0.1, 0.15) is 5.69 Å². The molecule has 6 nitrogen and oxygen atoms in total. The van der Waals surface area contributed by atoms with Crippen LogP contribution in [0.4, 0.5) is 0 Å². The van der Waals surface area contributed by atoms with Gasteiger partial charge in [-0.05, 0) is 19.1 Å². The second-order valence-corrected chi connectivity index (χ2v) is 4.38. The molecule has 2 aromatic heterocycles. The maximum Gasteiger partial charge on any atom is 0.258 e. The van der Waals surface area contributed by atoms with E-state index in [2.05, 4.69) is 15.2 Å². The smallest absolute Gasteiger partial charge is 0.258 e. The fourth-order valence-corrected chi connectivity index (χ4v) is 2.15. The first-order valence-electron chi connectivity index (χ1n) is 6.18. The van der Waals surface area contributed by atoms with Crippen LogP contribution in [0.25, 0.3) is 22.8 Å². The molecule has 1 aromatic carbocycles. The summed E-state index contributed by atoms with van der Waals surface area (Å²) in [4.78, 5) is 4.42. The lowest BCUT2D eigenvalue weighted by atomic mass is 10.2. The zero-order valence-electron chi connectivity index (χ0n) is 11.5.